The second-order valence-corrected chi connectivity index (χ2v) is 9.95. The van der Waals surface area contributed by atoms with Gasteiger partial charge in [-0.1, -0.05) is 48.5 Å². The number of imidazole rings is 1. The lowest BCUT2D eigenvalue weighted by Crippen LogP contribution is -2.43. The highest BCUT2D eigenvalue weighted by atomic mass is 31.2. The summed E-state index contributed by atoms with van der Waals surface area (Å²) in [4.78, 5) is 6.87. The number of nitrogens with zero attached hydrogens (tertiary/aromatic N) is 3. The average Bonchev–Trinajstić information content (AvgIpc) is 3.37. The zero-order valence-corrected chi connectivity index (χ0v) is 15.2. The molecule has 4 nitrogen and oxygen atoms in total. The summed E-state index contributed by atoms with van der Waals surface area (Å²) in [5.74, 6) is 0.890. The van der Waals surface area contributed by atoms with Crippen LogP contribution in [-0.4, -0.2) is 16.2 Å². The van der Waals surface area contributed by atoms with E-state index < -0.39 is 7.02 Å². The van der Waals surface area contributed by atoms with Gasteiger partial charge >= 0.3 is 6.70 Å². The van der Waals surface area contributed by atoms with E-state index in [1.807, 2.05) is 42.7 Å². The predicted octanol–water partition coefficient (Wildman–Crippen LogP) is 3.84. The summed E-state index contributed by atoms with van der Waals surface area (Å²) < 4.78 is 16.9. The van der Waals surface area contributed by atoms with Crippen LogP contribution in [0.3, 0.4) is 0 Å². The van der Waals surface area contributed by atoms with Crippen LogP contribution in [0.4, 0.5) is 11.4 Å². The Morgan fingerprint density at radius 1 is 0.815 bits per heavy atom. The van der Waals surface area contributed by atoms with Gasteiger partial charge in [-0.2, -0.15) is 0 Å². The fourth-order valence-corrected chi connectivity index (χ4v) is 8.83. The lowest BCUT2D eigenvalue weighted by atomic mass is 9.93. The van der Waals surface area contributed by atoms with Gasteiger partial charge in [0.2, 0.25) is 0 Å². The van der Waals surface area contributed by atoms with Crippen LogP contribution in [0.2, 0.25) is 0 Å². The molecule has 0 aliphatic carbocycles. The van der Waals surface area contributed by atoms with Crippen molar-refractivity contribution in [2.45, 2.75) is 0 Å². The second kappa shape index (κ2) is 4.44. The van der Waals surface area contributed by atoms with Crippen LogP contribution in [0.5, 0.6) is 0 Å². The molecule has 0 saturated heterocycles. The number of benzene rings is 3. The Bertz CT molecular complexity index is 1340. The molecule has 1 atom stereocenters. The van der Waals surface area contributed by atoms with Crippen molar-refractivity contribution in [1.29, 1.82) is 0 Å². The molecule has 0 radical (unpaired) electrons. The molecule has 6 heteroatoms. The van der Waals surface area contributed by atoms with Gasteiger partial charge in [0.15, 0.2) is 7.02 Å². The van der Waals surface area contributed by atoms with Gasteiger partial charge in [-0.15, -0.1) is 0 Å². The van der Waals surface area contributed by atoms with E-state index in [-0.39, 0.29) is 6.70 Å². The molecule has 4 heterocycles. The molecule has 3 aliphatic rings. The van der Waals surface area contributed by atoms with E-state index in [1.165, 1.54) is 0 Å². The maximum atomic E-state index is 14.8. The standard InChI is InChI=1S/C21H13BN3OP/c26-27-19-11-4-2-6-14(19)15-8-5-10-18(20(15)27)25-17-9-3-1-7-16(17)21-23-12-13-24(21)22(25)27/h1-13H. The van der Waals surface area contributed by atoms with E-state index in [0.29, 0.717) is 0 Å². The molecule has 27 heavy (non-hydrogen) atoms. The number of fused-ring (bicyclic) bond motifs is 11. The molecular weight excluding hydrogens is 352 g/mol. The van der Waals surface area contributed by atoms with Crippen LogP contribution in [0, 0.1) is 0 Å². The first-order valence-corrected chi connectivity index (χ1v) is 10.8. The first kappa shape index (κ1) is 14.1. The third kappa shape index (κ3) is 1.40. The lowest BCUT2D eigenvalue weighted by Gasteiger charge is -2.34. The summed E-state index contributed by atoms with van der Waals surface area (Å²) >= 11 is 0. The number of anilines is 2. The molecule has 0 fully saturated rings. The van der Waals surface area contributed by atoms with E-state index in [9.17, 15) is 4.57 Å². The molecule has 0 saturated carbocycles. The summed E-state index contributed by atoms with van der Waals surface area (Å²) in [6, 6.07) is 22.7. The van der Waals surface area contributed by atoms with Crippen LogP contribution in [-0.2, 0) is 4.57 Å². The maximum Gasteiger partial charge on any atom is 0.465 e. The minimum absolute atomic E-state index is 0.287. The third-order valence-electron chi connectivity index (χ3n) is 6.04. The number of hydrogen-bond donors (Lipinski definition) is 0. The maximum absolute atomic E-state index is 14.8. The quantitative estimate of drug-likeness (QED) is 0.351. The van der Waals surface area contributed by atoms with Crippen molar-refractivity contribution in [2.75, 3.05) is 4.81 Å². The Morgan fingerprint density at radius 2 is 1.56 bits per heavy atom. The Balaban J connectivity index is 1.68. The van der Waals surface area contributed by atoms with Gasteiger partial charge in [-0.3, -0.25) is 0 Å². The highest BCUT2D eigenvalue weighted by Gasteiger charge is 2.61. The van der Waals surface area contributed by atoms with E-state index in [0.717, 1.165) is 44.5 Å². The first-order valence-electron chi connectivity index (χ1n) is 9.05. The zero-order chi connectivity index (χ0) is 17.8. The Labute approximate surface area is 156 Å². The van der Waals surface area contributed by atoms with Crippen molar-refractivity contribution in [3.8, 4) is 22.5 Å². The molecule has 1 aromatic heterocycles. The Hall–Kier alpha value is -3.04. The summed E-state index contributed by atoms with van der Waals surface area (Å²) in [7, 11) is -2.88. The average molecular weight is 365 g/mol. The largest absolute Gasteiger partial charge is 0.465 e. The number of aromatic nitrogens is 2. The molecule has 1 unspecified atom stereocenters. The van der Waals surface area contributed by atoms with Gasteiger partial charge < -0.3 is 13.9 Å². The van der Waals surface area contributed by atoms with Crippen molar-refractivity contribution in [2.24, 2.45) is 0 Å². The minimum Gasteiger partial charge on any atom is -0.358 e. The smallest absolute Gasteiger partial charge is 0.358 e. The summed E-state index contributed by atoms with van der Waals surface area (Å²) in [5, 5.41) is 1.98. The second-order valence-electron chi connectivity index (χ2n) is 7.24. The van der Waals surface area contributed by atoms with Crippen molar-refractivity contribution >= 4 is 35.7 Å². The predicted molar refractivity (Wildman–Crippen MR) is 110 cm³/mol. The molecular formula is C21H13BN3OP. The fourth-order valence-electron chi connectivity index (χ4n) is 5.07. The molecule has 126 valence electrons. The Kier molecular flexibility index (Phi) is 2.31. The van der Waals surface area contributed by atoms with Gasteiger partial charge in [0.1, 0.15) is 5.82 Å². The highest BCUT2D eigenvalue weighted by molar-refractivity contribution is 8.07. The lowest BCUT2D eigenvalue weighted by molar-refractivity contribution is 0.594. The molecule has 7 rings (SSSR count). The van der Waals surface area contributed by atoms with Gasteiger partial charge in [-0.05, 0) is 29.3 Å². The molecule has 4 aromatic rings. The molecule has 0 bridgehead atoms. The highest BCUT2D eigenvalue weighted by Crippen LogP contribution is 2.65. The fraction of sp³-hybridized carbons (Fsp3) is 0. The summed E-state index contributed by atoms with van der Waals surface area (Å²) in [6.45, 7) is -0.287. The normalized spacial score (nSPS) is 20.0. The van der Waals surface area contributed by atoms with Gasteiger partial charge in [-0.25, -0.2) is 4.98 Å². The van der Waals surface area contributed by atoms with E-state index in [2.05, 4.69) is 50.7 Å². The van der Waals surface area contributed by atoms with Crippen LogP contribution >= 0.6 is 7.02 Å². The van der Waals surface area contributed by atoms with Crippen LogP contribution in [0.15, 0.2) is 79.1 Å². The minimum atomic E-state index is -2.88. The van der Waals surface area contributed by atoms with Crippen molar-refractivity contribution in [3.63, 3.8) is 0 Å². The van der Waals surface area contributed by atoms with E-state index in [4.69, 9.17) is 0 Å². The third-order valence-corrected chi connectivity index (χ3v) is 9.41. The van der Waals surface area contributed by atoms with Crippen molar-refractivity contribution in [3.05, 3.63) is 79.1 Å². The van der Waals surface area contributed by atoms with Gasteiger partial charge in [0, 0.05) is 39.9 Å². The SMILES string of the molecule is O=P12B3N(c4ccccc4-c4nccn43)c3cccc(c31)-c1ccccc12. The van der Waals surface area contributed by atoms with Gasteiger partial charge in [0.05, 0.1) is 0 Å². The number of para-hydroxylation sites is 1. The van der Waals surface area contributed by atoms with Crippen LogP contribution in [0.1, 0.15) is 0 Å². The van der Waals surface area contributed by atoms with E-state index in [1.54, 1.807) is 0 Å². The molecule has 0 N–H and O–H groups in total. The molecule has 3 aromatic carbocycles. The molecule has 0 amide bonds. The van der Waals surface area contributed by atoms with Crippen LogP contribution < -0.4 is 15.4 Å². The van der Waals surface area contributed by atoms with Crippen molar-refractivity contribution in [1.82, 2.24) is 9.46 Å². The van der Waals surface area contributed by atoms with Crippen molar-refractivity contribution < 1.29 is 4.57 Å². The summed E-state index contributed by atoms with van der Waals surface area (Å²) in [6.07, 6.45) is 3.78. The number of rotatable bonds is 0. The van der Waals surface area contributed by atoms with E-state index >= 15 is 0 Å². The summed E-state index contributed by atoms with van der Waals surface area (Å²) in [5.41, 5.74) is 5.44. The van der Waals surface area contributed by atoms with Crippen LogP contribution in [0.25, 0.3) is 22.5 Å². The van der Waals surface area contributed by atoms with Gasteiger partial charge in [0.25, 0.3) is 0 Å². The molecule has 0 spiro atoms. The first-order chi connectivity index (χ1) is 13.3. The topological polar surface area (TPSA) is 38.1 Å². The monoisotopic (exact) mass is 365 g/mol. The zero-order valence-electron chi connectivity index (χ0n) is 14.3. The Morgan fingerprint density at radius 3 is 2.48 bits per heavy atom. The molecule has 3 aliphatic heterocycles. The number of hydrogen-bond acceptors (Lipinski definition) is 3.